The molecule has 122 valence electrons. The van der Waals surface area contributed by atoms with Crippen LogP contribution in [0, 0.1) is 5.92 Å². The van der Waals surface area contributed by atoms with Gasteiger partial charge in [-0.25, -0.2) is 4.79 Å². The SMILES string of the molecule is COC(=O)C1C(CC(=O)OCc2ccccc2)C(=O)N1C(C)=O. The lowest BCUT2D eigenvalue weighted by molar-refractivity contribution is -0.180. The van der Waals surface area contributed by atoms with Crippen LogP contribution in [0.1, 0.15) is 18.9 Å². The fraction of sp³-hybridized carbons (Fsp3) is 0.375. The summed E-state index contributed by atoms with van der Waals surface area (Å²) < 4.78 is 9.68. The molecule has 23 heavy (non-hydrogen) atoms. The third-order valence-electron chi connectivity index (χ3n) is 3.63. The molecule has 1 aliphatic heterocycles. The molecule has 1 aromatic rings. The van der Waals surface area contributed by atoms with Crippen molar-refractivity contribution in [2.75, 3.05) is 7.11 Å². The van der Waals surface area contributed by atoms with Gasteiger partial charge in [-0.2, -0.15) is 0 Å². The summed E-state index contributed by atoms with van der Waals surface area (Å²) in [4.78, 5) is 47.7. The zero-order chi connectivity index (χ0) is 17.0. The summed E-state index contributed by atoms with van der Waals surface area (Å²) in [5.74, 6) is -3.37. The number of methoxy groups -OCH3 is 1. The van der Waals surface area contributed by atoms with Crippen LogP contribution >= 0.6 is 0 Å². The van der Waals surface area contributed by atoms with Crippen molar-refractivity contribution in [2.24, 2.45) is 5.92 Å². The molecule has 1 aromatic carbocycles. The number of amides is 2. The summed E-state index contributed by atoms with van der Waals surface area (Å²) in [6.45, 7) is 1.26. The molecule has 0 aromatic heterocycles. The Morgan fingerprint density at radius 1 is 1.17 bits per heavy atom. The van der Waals surface area contributed by atoms with E-state index in [1.165, 1.54) is 6.92 Å². The molecule has 0 radical (unpaired) electrons. The van der Waals surface area contributed by atoms with Crippen LogP contribution in [-0.4, -0.2) is 41.8 Å². The Labute approximate surface area is 133 Å². The first kappa shape index (κ1) is 16.7. The zero-order valence-electron chi connectivity index (χ0n) is 12.9. The summed E-state index contributed by atoms with van der Waals surface area (Å²) in [6, 6.07) is 8.02. The van der Waals surface area contributed by atoms with Gasteiger partial charge in [-0.3, -0.25) is 19.3 Å². The minimum Gasteiger partial charge on any atom is -0.467 e. The highest BCUT2D eigenvalue weighted by Crippen LogP contribution is 2.31. The molecule has 2 rings (SSSR count). The number of hydrogen-bond acceptors (Lipinski definition) is 6. The van der Waals surface area contributed by atoms with E-state index in [4.69, 9.17) is 4.74 Å². The van der Waals surface area contributed by atoms with E-state index >= 15 is 0 Å². The highest BCUT2D eigenvalue weighted by Gasteiger charge is 2.55. The largest absolute Gasteiger partial charge is 0.467 e. The first-order valence-electron chi connectivity index (χ1n) is 7.06. The standard InChI is InChI=1S/C16H17NO6/c1-10(18)17-14(16(21)22-2)12(15(17)20)8-13(19)23-9-11-6-4-3-5-7-11/h3-7,12,14H,8-9H2,1-2H3. The van der Waals surface area contributed by atoms with Crippen LogP contribution in [0.2, 0.25) is 0 Å². The number of benzene rings is 1. The number of β-lactam (4-membered cyclic amide) rings is 1. The monoisotopic (exact) mass is 319 g/mol. The highest BCUT2D eigenvalue weighted by molar-refractivity contribution is 6.08. The van der Waals surface area contributed by atoms with Crippen LogP contribution in [0.5, 0.6) is 0 Å². The summed E-state index contributed by atoms with van der Waals surface area (Å²) >= 11 is 0. The second-order valence-corrected chi connectivity index (χ2v) is 5.15. The third-order valence-corrected chi connectivity index (χ3v) is 3.63. The molecule has 0 saturated carbocycles. The van der Waals surface area contributed by atoms with E-state index in [2.05, 4.69) is 4.74 Å². The molecule has 2 amide bonds. The smallest absolute Gasteiger partial charge is 0.329 e. The lowest BCUT2D eigenvalue weighted by Gasteiger charge is -2.42. The Morgan fingerprint density at radius 2 is 1.83 bits per heavy atom. The molecule has 0 spiro atoms. The fourth-order valence-electron chi connectivity index (χ4n) is 2.47. The lowest BCUT2D eigenvalue weighted by Crippen LogP contribution is -2.66. The van der Waals surface area contributed by atoms with Gasteiger partial charge in [0.1, 0.15) is 12.6 Å². The van der Waals surface area contributed by atoms with E-state index in [-0.39, 0.29) is 13.0 Å². The van der Waals surface area contributed by atoms with Crippen molar-refractivity contribution in [2.45, 2.75) is 26.0 Å². The van der Waals surface area contributed by atoms with Crippen molar-refractivity contribution in [3.05, 3.63) is 35.9 Å². The van der Waals surface area contributed by atoms with Crippen LogP contribution in [-0.2, 0) is 35.3 Å². The third kappa shape index (κ3) is 3.56. The first-order chi connectivity index (χ1) is 11.0. The van der Waals surface area contributed by atoms with Gasteiger partial charge in [0.2, 0.25) is 11.8 Å². The van der Waals surface area contributed by atoms with Crippen LogP contribution in [0.3, 0.4) is 0 Å². The molecule has 1 saturated heterocycles. The minimum absolute atomic E-state index is 0.0832. The number of likely N-dealkylation sites (tertiary alicyclic amines) is 1. The highest BCUT2D eigenvalue weighted by atomic mass is 16.5. The molecule has 1 aliphatic rings. The topological polar surface area (TPSA) is 90.0 Å². The van der Waals surface area contributed by atoms with E-state index < -0.39 is 35.7 Å². The van der Waals surface area contributed by atoms with Crippen LogP contribution in [0.4, 0.5) is 0 Å². The summed E-state index contributed by atoms with van der Waals surface area (Å²) in [5.41, 5.74) is 0.815. The molecule has 0 aliphatic carbocycles. The lowest BCUT2D eigenvalue weighted by atomic mass is 9.84. The zero-order valence-corrected chi connectivity index (χ0v) is 12.9. The Hall–Kier alpha value is -2.70. The first-order valence-corrected chi connectivity index (χ1v) is 7.06. The Bertz CT molecular complexity index is 627. The minimum atomic E-state index is -1.06. The number of hydrogen-bond donors (Lipinski definition) is 0. The van der Waals surface area contributed by atoms with Gasteiger partial charge in [-0.15, -0.1) is 0 Å². The summed E-state index contributed by atoms with van der Waals surface area (Å²) in [7, 11) is 1.16. The quantitative estimate of drug-likeness (QED) is 0.585. The summed E-state index contributed by atoms with van der Waals surface area (Å²) in [5, 5.41) is 0. The maximum absolute atomic E-state index is 11.9. The molecule has 7 nitrogen and oxygen atoms in total. The fourth-order valence-corrected chi connectivity index (χ4v) is 2.47. The number of nitrogens with zero attached hydrogens (tertiary/aromatic N) is 1. The van der Waals surface area contributed by atoms with E-state index in [0.29, 0.717) is 0 Å². The number of rotatable bonds is 5. The van der Waals surface area contributed by atoms with Crippen molar-refractivity contribution in [1.29, 1.82) is 0 Å². The predicted octanol–water partition coefficient (Wildman–Crippen LogP) is 0.666. The predicted molar refractivity (Wildman–Crippen MR) is 77.7 cm³/mol. The van der Waals surface area contributed by atoms with Crippen molar-refractivity contribution in [1.82, 2.24) is 4.90 Å². The van der Waals surface area contributed by atoms with Crippen LogP contribution in [0.15, 0.2) is 30.3 Å². The van der Waals surface area contributed by atoms with Crippen LogP contribution in [0.25, 0.3) is 0 Å². The van der Waals surface area contributed by atoms with Gasteiger partial charge in [-0.05, 0) is 5.56 Å². The molecular formula is C16H17NO6. The second-order valence-electron chi connectivity index (χ2n) is 5.15. The average molecular weight is 319 g/mol. The van der Waals surface area contributed by atoms with E-state index in [1.54, 1.807) is 12.1 Å². The van der Waals surface area contributed by atoms with Gasteiger partial charge < -0.3 is 9.47 Å². The normalized spacial score (nSPS) is 19.7. The van der Waals surface area contributed by atoms with Crippen molar-refractivity contribution >= 4 is 23.8 Å². The molecule has 1 fully saturated rings. The van der Waals surface area contributed by atoms with Gasteiger partial charge in [0.15, 0.2) is 0 Å². The number of carbonyl (C=O) groups is 4. The van der Waals surface area contributed by atoms with Gasteiger partial charge in [0.05, 0.1) is 19.4 Å². The molecular weight excluding hydrogens is 302 g/mol. The van der Waals surface area contributed by atoms with E-state index in [9.17, 15) is 19.2 Å². The Kier molecular flexibility index (Phi) is 5.10. The van der Waals surface area contributed by atoms with Gasteiger partial charge >= 0.3 is 11.9 Å². The van der Waals surface area contributed by atoms with Gasteiger partial charge in [-0.1, -0.05) is 30.3 Å². The molecule has 7 heteroatoms. The number of ether oxygens (including phenoxy) is 2. The molecule has 0 bridgehead atoms. The van der Waals surface area contributed by atoms with Crippen LogP contribution < -0.4 is 0 Å². The van der Waals surface area contributed by atoms with E-state index in [1.807, 2.05) is 18.2 Å². The molecule has 1 heterocycles. The maximum atomic E-state index is 11.9. The number of imide groups is 1. The van der Waals surface area contributed by atoms with Crippen molar-refractivity contribution in [3.8, 4) is 0 Å². The maximum Gasteiger partial charge on any atom is 0.329 e. The van der Waals surface area contributed by atoms with Crippen molar-refractivity contribution < 1.29 is 28.7 Å². The molecule has 0 N–H and O–H groups in total. The Balaban J connectivity index is 1.95. The van der Waals surface area contributed by atoms with E-state index in [0.717, 1.165) is 17.6 Å². The molecule has 2 atom stereocenters. The number of esters is 2. The Morgan fingerprint density at radius 3 is 2.39 bits per heavy atom. The second kappa shape index (κ2) is 7.04. The molecule has 2 unspecified atom stereocenters. The van der Waals surface area contributed by atoms with Gasteiger partial charge in [0, 0.05) is 6.92 Å². The van der Waals surface area contributed by atoms with Gasteiger partial charge in [0.25, 0.3) is 0 Å². The van der Waals surface area contributed by atoms with Crippen molar-refractivity contribution in [3.63, 3.8) is 0 Å². The summed E-state index contributed by atoms with van der Waals surface area (Å²) in [6.07, 6.45) is -0.269. The average Bonchev–Trinajstić information content (AvgIpc) is 2.55. The number of carbonyl (C=O) groups excluding carboxylic acids is 4.